The SMILES string of the molecule is COc1c(C(=O)N2C[C@@H](C)[C@H](N3CCOCC3)C2)c(C)nn1C. The minimum absolute atomic E-state index is 0.0232. The summed E-state index contributed by atoms with van der Waals surface area (Å²) in [6, 6.07) is 0.408. The lowest BCUT2D eigenvalue weighted by molar-refractivity contribution is 0.0119. The highest BCUT2D eigenvalue weighted by molar-refractivity contribution is 5.97. The quantitative estimate of drug-likeness (QED) is 0.812. The van der Waals surface area contributed by atoms with Gasteiger partial charge in [-0.3, -0.25) is 9.69 Å². The summed E-state index contributed by atoms with van der Waals surface area (Å²) in [5.41, 5.74) is 1.31. The Balaban J connectivity index is 1.76. The summed E-state index contributed by atoms with van der Waals surface area (Å²) in [5.74, 6) is 1.02. The maximum absolute atomic E-state index is 13.0. The number of hydrogen-bond donors (Lipinski definition) is 0. The van der Waals surface area contributed by atoms with Crippen LogP contribution < -0.4 is 4.74 Å². The molecule has 0 unspecified atom stereocenters. The topological polar surface area (TPSA) is 59.8 Å². The zero-order chi connectivity index (χ0) is 16.6. The Bertz CT molecular complexity index is 580. The normalized spacial score (nSPS) is 25.8. The van der Waals surface area contributed by atoms with Crippen molar-refractivity contribution in [3.63, 3.8) is 0 Å². The number of aromatic nitrogens is 2. The van der Waals surface area contributed by atoms with Crippen molar-refractivity contribution < 1.29 is 14.3 Å². The molecule has 0 N–H and O–H groups in total. The van der Waals surface area contributed by atoms with Gasteiger partial charge in [0.1, 0.15) is 5.56 Å². The van der Waals surface area contributed by atoms with Crippen LogP contribution in [0.3, 0.4) is 0 Å². The number of ether oxygens (including phenoxy) is 2. The second-order valence-corrected chi connectivity index (χ2v) is 6.50. The Morgan fingerprint density at radius 1 is 1.30 bits per heavy atom. The largest absolute Gasteiger partial charge is 0.481 e. The van der Waals surface area contributed by atoms with E-state index in [9.17, 15) is 4.79 Å². The first-order valence-corrected chi connectivity index (χ1v) is 8.21. The van der Waals surface area contributed by atoms with Crippen LogP contribution in [0.4, 0.5) is 0 Å². The molecule has 0 spiro atoms. The van der Waals surface area contributed by atoms with E-state index in [-0.39, 0.29) is 5.91 Å². The number of amides is 1. The first-order valence-electron chi connectivity index (χ1n) is 8.21. The van der Waals surface area contributed by atoms with Crippen LogP contribution in [0.2, 0.25) is 0 Å². The number of morpholine rings is 1. The Morgan fingerprint density at radius 3 is 2.65 bits per heavy atom. The Morgan fingerprint density at radius 2 is 2.00 bits per heavy atom. The summed E-state index contributed by atoms with van der Waals surface area (Å²) < 4.78 is 12.4. The highest BCUT2D eigenvalue weighted by atomic mass is 16.5. The van der Waals surface area contributed by atoms with Crippen LogP contribution in [-0.4, -0.2) is 78.0 Å². The molecular formula is C16H26N4O3. The number of carbonyl (C=O) groups excluding carboxylic acids is 1. The second-order valence-electron chi connectivity index (χ2n) is 6.50. The molecule has 0 aliphatic carbocycles. The van der Waals surface area contributed by atoms with Crippen molar-refractivity contribution in [1.82, 2.24) is 19.6 Å². The van der Waals surface area contributed by atoms with Gasteiger partial charge in [0.15, 0.2) is 0 Å². The van der Waals surface area contributed by atoms with E-state index >= 15 is 0 Å². The molecule has 7 heteroatoms. The van der Waals surface area contributed by atoms with Crippen molar-refractivity contribution in [3.05, 3.63) is 11.3 Å². The van der Waals surface area contributed by atoms with Gasteiger partial charge in [0.2, 0.25) is 5.88 Å². The van der Waals surface area contributed by atoms with Crippen LogP contribution in [0.15, 0.2) is 0 Å². The lowest BCUT2D eigenvalue weighted by Crippen LogP contribution is -2.47. The fourth-order valence-electron chi connectivity index (χ4n) is 3.78. The molecule has 0 bridgehead atoms. The van der Waals surface area contributed by atoms with Gasteiger partial charge in [0, 0.05) is 39.3 Å². The highest BCUT2D eigenvalue weighted by Gasteiger charge is 2.38. The third-order valence-electron chi connectivity index (χ3n) is 4.95. The van der Waals surface area contributed by atoms with Crippen molar-refractivity contribution in [3.8, 4) is 5.88 Å². The van der Waals surface area contributed by atoms with Crippen LogP contribution in [0.5, 0.6) is 5.88 Å². The van der Waals surface area contributed by atoms with E-state index in [0.717, 1.165) is 45.1 Å². The number of nitrogens with zero attached hydrogens (tertiary/aromatic N) is 4. The van der Waals surface area contributed by atoms with E-state index in [1.807, 2.05) is 11.8 Å². The number of aryl methyl sites for hydroxylation is 2. The Hall–Kier alpha value is -1.60. The van der Waals surface area contributed by atoms with Crippen LogP contribution in [0.25, 0.3) is 0 Å². The monoisotopic (exact) mass is 322 g/mol. The fraction of sp³-hybridized carbons (Fsp3) is 0.750. The molecule has 1 amide bonds. The number of methoxy groups -OCH3 is 1. The molecule has 1 aromatic rings. The van der Waals surface area contributed by atoms with Gasteiger partial charge in [0.05, 0.1) is 26.0 Å². The number of carbonyl (C=O) groups is 1. The molecule has 2 saturated heterocycles. The van der Waals surface area contributed by atoms with E-state index in [1.54, 1.807) is 18.8 Å². The third kappa shape index (κ3) is 2.95. The average Bonchev–Trinajstić information content (AvgIpc) is 3.07. The molecular weight excluding hydrogens is 296 g/mol. The van der Waals surface area contributed by atoms with E-state index < -0.39 is 0 Å². The second kappa shape index (κ2) is 6.49. The number of rotatable bonds is 3. The van der Waals surface area contributed by atoms with Crippen LogP contribution in [0, 0.1) is 12.8 Å². The summed E-state index contributed by atoms with van der Waals surface area (Å²) >= 11 is 0. The molecule has 0 aromatic carbocycles. The molecule has 2 aliphatic heterocycles. The molecule has 2 aliphatic rings. The summed E-state index contributed by atoms with van der Waals surface area (Å²) in [5, 5.41) is 4.32. The predicted octanol–water partition coefficient (Wildman–Crippen LogP) is 0.530. The van der Waals surface area contributed by atoms with E-state index in [2.05, 4.69) is 16.9 Å². The molecule has 3 heterocycles. The zero-order valence-electron chi connectivity index (χ0n) is 14.4. The minimum Gasteiger partial charge on any atom is -0.481 e. The van der Waals surface area contributed by atoms with Crippen LogP contribution in [-0.2, 0) is 11.8 Å². The van der Waals surface area contributed by atoms with Crippen molar-refractivity contribution >= 4 is 5.91 Å². The smallest absolute Gasteiger partial charge is 0.261 e. The molecule has 3 rings (SSSR count). The van der Waals surface area contributed by atoms with Crippen LogP contribution in [0.1, 0.15) is 23.0 Å². The van der Waals surface area contributed by atoms with Gasteiger partial charge in [-0.05, 0) is 12.8 Å². The van der Waals surface area contributed by atoms with Gasteiger partial charge in [0.25, 0.3) is 5.91 Å². The zero-order valence-corrected chi connectivity index (χ0v) is 14.4. The standard InChI is InChI=1S/C16H26N4O3/c1-11-9-20(10-13(11)19-5-7-23-8-6-19)15(21)14-12(2)17-18(3)16(14)22-4/h11,13H,5-10H2,1-4H3/t11-,13-/m1/s1. The van der Waals surface area contributed by atoms with E-state index in [1.165, 1.54) is 0 Å². The van der Waals surface area contributed by atoms with E-state index in [4.69, 9.17) is 9.47 Å². The summed E-state index contributed by atoms with van der Waals surface area (Å²) in [7, 11) is 3.38. The number of hydrogen-bond acceptors (Lipinski definition) is 5. The van der Waals surface area contributed by atoms with Gasteiger partial charge in [-0.2, -0.15) is 5.10 Å². The third-order valence-corrected chi connectivity index (χ3v) is 4.95. The van der Waals surface area contributed by atoms with Gasteiger partial charge in [-0.15, -0.1) is 0 Å². The van der Waals surface area contributed by atoms with Gasteiger partial charge in [-0.25, -0.2) is 4.68 Å². The lowest BCUT2D eigenvalue weighted by atomic mass is 10.0. The van der Waals surface area contributed by atoms with Gasteiger partial charge < -0.3 is 14.4 Å². The number of likely N-dealkylation sites (tertiary alicyclic amines) is 1. The molecule has 0 saturated carbocycles. The van der Waals surface area contributed by atoms with Gasteiger partial charge >= 0.3 is 0 Å². The summed E-state index contributed by atoms with van der Waals surface area (Å²) in [4.78, 5) is 17.4. The molecule has 1 aromatic heterocycles. The van der Waals surface area contributed by atoms with Crippen molar-refractivity contribution in [2.75, 3.05) is 46.5 Å². The van der Waals surface area contributed by atoms with Crippen molar-refractivity contribution in [1.29, 1.82) is 0 Å². The summed E-state index contributed by atoms with van der Waals surface area (Å²) in [6.07, 6.45) is 0. The lowest BCUT2D eigenvalue weighted by Gasteiger charge is -2.33. The first kappa shape index (κ1) is 16.3. The average molecular weight is 322 g/mol. The van der Waals surface area contributed by atoms with Gasteiger partial charge in [-0.1, -0.05) is 6.92 Å². The maximum Gasteiger partial charge on any atom is 0.261 e. The predicted molar refractivity (Wildman–Crippen MR) is 85.7 cm³/mol. The minimum atomic E-state index is 0.0232. The first-order chi connectivity index (χ1) is 11.0. The Labute approximate surface area is 137 Å². The molecule has 23 heavy (non-hydrogen) atoms. The maximum atomic E-state index is 13.0. The Kier molecular flexibility index (Phi) is 4.59. The van der Waals surface area contributed by atoms with Crippen LogP contribution >= 0.6 is 0 Å². The molecule has 2 atom stereocenters. The highest BCUT2D eigenvalue weighted by Crippen LogP contribution is 2.28. The molecule has 0 radical (unpaired) electrons. The summed E-state index contributed by atoms with van der Waals surface area (Å²) in [6.45, 7) is 9.09. The molecule has 2 fully saturated rings. The van der Waals surface area contributed by atoms with E-state index in [0.29, 0.717) is 23.4 Å². The fourth-order valence-corrected chi connectivity index (χ4v) is 3.78. The van der Waals surface area contributed by atoms with Crippen molar-refractivity contribution in [2.24, 2.45) is 13.0 Å². The molecule has 7 nitrogen and oxygen atoms in total. The van der Waals surface area contributed by atoms with Crippen molar-refractivity contribution in [2.45, 2.75) is 19.9 Å². The molecule has 128 valence electrons.